The Morgan fingerprint density at radius 3 is 2.15 bits per heavy atom. The maximum atomic E-state index is 11.8. The second kappa shape index (κ2) is 7.32. The Bertz CT molecular complexity index is 466. The van der Waals surface area contributed by atoms with E-state index in [4.69, 9.17) is 9.47 Å². The first-order valence-electron chi connectivity index (χ1n) is 7.72. The minimum atomic E-state index is 0.223. The number of Topliss-reactive ketones (excluding diaryl/α,β-unsaturated/α-hetero) is 1. The van der Waals surface area contributed by atoms with Gasteiger partial charge in [0.15, 0.2) is 17.3 Å². The summed E-state index contributed by atoms with van der Waals surface area (Å²) in [4.78, 5) is 11.8. The summed E-state index contributed by atoms with van der Waals surface area (Å²) in [6.07, 6.45) is 5.69. The van der Waals surface area contributed by atoms with E-state index in [9.17, 15) is 4.79 Å². The van der Waals surface area contributed by atoms with Crippen LogP contribution in [0.1, 0.15) is 61.9 Å². The molecule has 2 rings (SSSR count). The molecule has 3 nitrogen and oxygen atoms in total. The smallest absolute Gasteiger partial charge is 0.163 e. The van der Waals surface area contributed by atoms with Crippen LogP contribution < -0.4 is 9.47 Å². The fourth-order valence-corrected chi connectivity index (χ4v) is 2.33. The normalized spacial score (nSPS) is 13.4. The molecule has 3 heteroatoms. The van der Waals surface area contributed by atoms with Gasteiger partial charge in [-0.1, -0.05) is 26.7 Å². The molecular formula is C17H24O3. The van der Waals surface area contributed by atoms with Crippen LogP contribution in [0.4, 0.5) is 0 Å². The Hall–Kier alpha value is -1.51. The first-order chi connectivity index (χ1) is 9.76. The van der Waals surface area contributed by atoms with E-state index in [2.05, 4.69) is 13.8 Å². The zero-order chi connectivity index (χ0) is 14.4. The van der Waals surface area contributed by atoms with Gasteiger partial charge in [-0.2, -0.15) is 0 Å². The lowest BCUT2D eigenvalue weighted by Crippen LogP contribution is -2.04. The van der Waals surface area contributed by atoms with Crippen molar-refractivity contribution in [2.24, 2.45) is 0 Å². The number of benzene rings is 1. The SMILES string of the molecule is CCCCOc1cc2c(cc1OCCCC)C(=O)CC2. The first kappa shape index (κ1) is 14.9. The number of hydrogen-bond acceptors (Lipinski definition) is 3. The van der Waals surface area contributed by atoms with Gasteiger partial charge < -0.3 is 9.47 Å². The quantitative estimate of drug-likeness (QED) is 0.668. The van der Waals surface area contributed by atoms with E-state index in [1.54, 1.807) is 0 Å². The molecule has 1 aliphatic rings. The molecule has 0 amide bonds. The third-order valence-corrected chi connectivity index (χ3v) is 3.60. The van der Waals surface area contributed by atoms with Gasteiger partial charge >= 0.3 is 0 Å². The number of aryl methyl sites for hydroxylation is 1. The number of fused-ring (bicyclic) bond motifs is 1. The van der Waals surface area contributed by atoms with Gasteiger partial charge in [0.1, 0.15) is 0 Å². The van der Waals surface area contributed by atoms with Gasteiger partial charge in [0.25, 0.3) is 0 Å². The molecule has 0 fully saturated rings. The molecule has 0 saturated carbocycles. The fraction of sp³-hybridized carbons (Fsp3) is 0.588. The summed E-state index contributed by atoms with van der Waals surface area (Å²) in [5.74, 6) is 1.74. The number of rotatable bonds is 8. The van der Waals surface area contributed by atoms with E-state index in [-0.39, 0.29) is 5.78 Å². The molecule has 0 radical (unpaired) electrons. The van der Waals surface area contributed by atoms with Crippen LogP contribution in [0.25, 0.3) is 0 Å². The van der Waals surface area contributed by atoms with Crippen molar-refractivity contribution in [3.8, 4) is 11.5 Å². The van der Waals surface area contributed by atoms with Crippen LogP contribution >= 0.6 is 0 Å². The lowest BCUT2D eigenvalue weighted by molar-refractivity contribution is 0.0994. The zero-order valence-electron chi connectivity index (χ0n) is 12.5. The molecule has 0 bridgehead atoms. The summed E-state index contributed by atoms with van der Waals surface area (Å²) < 4.78 is 11.6. The van der Waals surface area contributed by atoms with E-state index < -0.39 is 0 Å². The minimum absolute atomic E-state index is 0.223. The van der Waals surface area contributed by atoms with Gasteiger partial charge in [-0.3, -0.25) is 4.79 Å². The lowest BCUT2D eigenvalue weighted by atomic mass is 10.1. The summed E-state index contributed by atoms with van der Waals surface area (Å²) in [6, 6.07) is 3.87. The molecule has 0 heterocycles. The second-order valence-electron chi connectivity index (χ2n) is 5.28. The van der Waals surface area contributed by atoms with Crippen molar-refractivity contribution < 1.29 is 14.3 Å². The average molecular weight is 276 g/mol. The van der Waals surface area contributed by atoms with Gasteiger partial charge in [-0.25, -0.2) is 0 Å². The molecule has 0 spiro atoms. The number of ketones is 1. The predicted octanol–water partition coefficient (Wildman–Crippen LogP) is 4.17. The van der Waals surface area contributed by atoms with Gasteiger partial charge in [-0.15, -0.1) is 0 Å². The highest BCUT2D eigenvalue weighted by molar-refractivity contribution is 6.01. The Balaban J connectivity index is 2.16. The van der Waals surface area contributed by atoms with Crippen molar-refractivity contribution in [1.82, 2.24) is 0 Å². The number of carbonyl (C=O) groups excluding carboxylic acids is 1. The summed E-state index contributed by atoms with van der Waals surface area (Å²) in [6.45, 7) is 5.65. The Labute approximate surface area is 121 Å². The molecule has 0 N–H and O–H groups in total. The third-order valence-electron chi connectivity index (χ3n) is 3.60. The predicted molar refractivity (Wildman–Crippen MR) is 79.9 cm³/mol. The number of unbranched alkanes of at least 4 members (excludes halogenated alkanes) is 2. The van der Waals surface area contributed by atoms with Crippen LogP contribution in [0, 0.1) is 0 Å². The molecule has 0 saturated heterocycles. The third kappa shape index (κ3) is 3.53. The van der Waals surface area contributed by atoms with Crippen LogP contribution in [0.15, 0.2) is 12.1 Å². The number of carbonyl (C=O) groups is 1. The van der Waals surface area contributed by atoms with Gasteiger partial charge in [0.05, 0.1) is 13.2 Å². The fourth-order valence-electron chi connectivity index (χ4n) is 2.33. The highest BCUT2D eigenvalue weighted by atomic mass is 16.5. The van der Waals surface area contributed by atoms with Crippen molar-refractivity contribution >= 4 is 5.78 Å². The van der Waals surface area contributed by atoms with E-state index in [1.807, 2.05) is 12.1 Å². The van der Waals surface area contributed by atoms with Gasteiger partial charge in [-0.05, 0) is 37.0 Å². The van der Waals surface area contributed by atoms with Crippen molar-refractivity contribution in [2.45, 2.75) is 52.4 Å². The van der Waals surface area contributed by atoms with Gasteiger partial charge in [0.2, 0.25) is 0 Å². The molecule has 20 heavy (non-hydrogen) atoms. The molecule has 1 aliphatic carbocycles. The molecule has 1 aromatic rings. The molecular weight excluding hydrogens is 252 g/mol. The van der Waals surface area contributed by atoms with Gasteiger partial charge in [0, 0.05) is 12.0 Å². The van der Waals surface area contributed by atoms with Crippen LogP contribution in [0.3, 0.4) is 0 Å². The highest BCUT2D eigenvalue weighted by Crippen LogP contribution is 2.35. The summed E-state index contributed by atoms with van der Waals surface area (Å²) >= 11 is 0. The van der Waals surface area contributed by atoms with Crippen LogP contribution in [0.2, 0.25) is 0 Å². The summed E-state index contributed by atoms with van der Waals surface area (Å²) in [7, 11) is 0. The second-order valence-corrected chi connectivity index (χ2v) is 5.28. The Kier molecular flexibility index (Phi) is 5.45. The lowest BCUT2D eigenvalue weighted by Gasteiger charge is -2.14. The van der Waals surface area contributed by atoms with E-state index in [0.29, 0.717) is 19.6 Å². The Morgan fingerprint density at radius 2 is 1.55 bits per heavy atom. The molecule has 0 aliphatic heterocycles. The molecule has 0 atom stereocenters. The number of hydrogen-bond donors (Lipinski definition) is 0. The number of ether oxygens (including phenoxy) is 2. The summed E-state index contributed by atoms with van der Waals surface area (Å²) in [5, 5.41) is 0. The van der Waals surface area contributed by atoms with Crippen molar-refractivity contribution in [2.75, 3.05) is 13.2 Å². The zero-order valence-corrected chi connectivity index (χ0v) is 12.5. The molecule has 0 aromatic heterocycles. The monoisotopic (exact) mass is 276 g/mol. The first-order valence-corrected chi connectivity index (χ1v) is 7.72. The van der Waals surface area contributed by atoms with Crippen LogP contribution in [-0.4, -0.2) is 19.0 Å². The standard InChI is InChI=1S/C17H24O3/c1-3-5-9-19-16-11-13-7-8-15(18)14(13)12-17(16)20-10-6-4-2/h11-12H,3-10H2,1-2H3. The average Bonchev–Trinajstić information content (AvgIpc) is 2.80. The van der Waals surface area contributed by atoms with Crippen molar-refractivity contribution in [3.05, 3.63) is 23.3 Å². The van der Waals surface area contributed by atoms with Crippen LogP contribution in [0.5, 0.6) is 11.5 Å². The molecule has 110 valence electrons. The topological polar surface area (TPSA) is 35.5 Å². The van der Waals surface area contributed by atoms with Crippen molar-refractivity contribution in [1.29, 1.82) is 0 Å². The Morgan fingerprint density at radius 1 is 0.950 bits per heavy atom. The van der Waals surface area contributed by atoms with E-state index in [0.717, 1.165) is 54.7 Å². The molecule has 1 aromatic carbocycles. The maximum Gasteiger partial charge on any atom is 0.163 e. The maximum absolute atomic E-state index is 11.8. The highest BCUT2D eigenvalue weighted by Gasteiger charge is 2.22. The van der Waals surface area contributed by atoms with Crippen LogP contribution in [-0.2, 0) is 6.42 Å². The minimum Gasteiger partial charge on any atom is -0.490 e. The van der Waals surface area contributed by atoms with E-state index in [1.165, 1.54) is 0 Å². The largest absolute Gasteiger partial charge is 0.490 e. The van der Waals surface area contributed by atoms with E-state index >= 15 is 0 Å². The summed E-state index contributed by atoms with van der Waals surface area (Å²) in [5.41, 5.74) is 1.92. The molecule has 0 unspecified atom stereocenters. The van der Waals surface area contributed by atoms with Crippen molar-refractivity contribution in [3.63, 3.8) is 0 Å².